The first-order chi connectivity index (χ1) is 22.8. The van der Waals surface area contributed by atoms with Crippen LogP contribution >= 0.6 is 11.6 Å². The lowest BCUT2D eigenvalue weighted by molar-refractivity contribution is -0.141. The largest absolute Gasteiger partial charge is 0.483 e. The number of carbonyl (C=O) groups excluding carboxylic acids is 3. The molecular formula is C30H33ClF3N9O5. The van der Waals surface area contributed by atoms with Crippen LogP contribution < -0.4 is 10.6 Å². The average molecular weight is 692 g/mol. The third-order valence-electron chi connectivity index (χ3n) is 8.08. The lowest BCUT2D eigenvalue weighted by Crippen LogP contribution is -2.52. The SMILES string of the molecule is CC(C#N)n1cc(-c2cnc(C(=O)Nc3ccc(C(=O)N4CCN(C(=O)C5CCNCC5)CC4)c(Cl)c3)n2C)c(C(F)(F)F)n1.O=CO. The van der Waals surface area contributed by atoms with Gasteiger partial charge in [-0.25, -0.2) is 4.98 Å². The zero-order valence-corrected chi connectivity index (χ0v) is 26.8. The van der Waals surface area contributed by atoms with Gasteiger partial charge in [-0.05, 0) is 51.1 Å². The van der Waals surface area contributed by atoms with Crippen molar-refractivity contribution < 1.29 is 37.5 Å². The Morgan fingerprint density at radius 2 is 1.79 bits per heavy atom. The monoisotopic (exact) mass is 691 g/mol. The van der Waals surface area contributed by atoms with Gasteiger partial charge in [0.05, 0.1) is 34.1 Å². The number of aromatic nitrogens is 4. The quantitative estimate of drug-likeness (QED) is 0.327. The molecule has 0 spiro atoms. The number of nitrogens with zero attached hydrogens (tertiary/aromatic N) is 7. The van der Waals surface area contributed by atoms with Crippen LogP contribution in [0.4, 0.5) is 18.9 Å². The molecule has 3 amide bonds. The Balaban J connectivity index is 0.00000167. The second-order valence-corrected chi connectivity index (χ2v) is 11.5. The molecule has 0 saturated carbocycles. The first-order valence-electron chi connectivity index (χ1n) is 14.9. The molecule has 0 bridgehead atoms. The molecule has 5 rings (SSSR count). The van der Waals surface area contributed by atoms with Crippen LogP contribution in [0, 0.1) is 17.2 Å². The first kappa shape index (κ1) is 35.9. The Kier molecular flexibility index (Phi) is 11.4. The zero-order chi connectivity index (χ0) is 35.2. The number of halogens is 4. The normalized spacial score (nSPS) is 15.9. The molecule has 2 aliphatic rings. The highest BCUT2D eigenvalue weighted by Crippen LogP contribution is 2.37. The van der Waals surface area contributed by atoms with Crippen LogP contribution in [-0.2, 0) is 22.8 Å². The molecule has 0 aliphatic carbocycles. The molecule has 3 aromatic rings. The van der Waals surface area contributed by atoms with Crippen LogP contribution in [0.15, 0.2) is 30.6 Å². The number of nitriles is 1. The number of benzene rings is 1. The average Bonchev–Trinajstić information content (AvgIpc) is 3.69. The van der Waals surface area contributed by atoms with Crippen molar-refractivity contribution in [2.24, 2.45) is 13.0 Å². The maximum Gasteiger partial charge on any atom is 0.435 e. The lowest BCUT2D eigenvalue weighted by Gasteiger charge is -2.37. The van der Waals surface area contributed by atoms with E-state index in [2.05, 4.69) is 20.7 Å². The van der Waals surface area contributed by atoms with Gasteiger partial charge in [0, 0.05) is 51.0 Å². The molecule has 14 nitrogen and oxygen atoms in total. The fourth-order valence-electron chi connectivity index (χ4n) is 5.50. The molecule has 2 saturated heterocycles. The maximum atomic E-state index is 13.7. The van der Waals surface area contributed by atoms with Gasteiger partial charge in [-0.15, -0.1) is 0 Å². The summed E-state index contributed by atoms with van der Waals surface area (Å²) < 4.78 is 43.3. The molecule has 256 valence electrons. The standard InChI is InChI=1S/C29H31ClF3N9O3.CH2O2/c1-17(14-34)42-16-21(24(38-42)29(31,32)33)23-15-36-25(39(23)2)26(43)37-19-3-4-20(22(30)13-19)28(45)41-11-9-40(10-12-41)27(44)18-5-7-35-8-6-18;2-1-3/h3-4,13,15-18,35H,5-12H2,1-2H3,(H,37,43);1H,(H,2,3). The molecule has 48 heavy (non-hydrogen) atoms. The second-order valence-electron chi connectivity index (χ2n) is 11.1. The number of piperazine rings is 1. The van der Waals surface area contributed by atoms with Gasteiger partial charge in [0.25, 0.3) is 18.3 Å². The summed E-state index contributed by atoms with van der Waals surface area (Å²) in [7, 11) is 1.39. The molecule has 1 atom stereocenters. The highest BCUT2D eigenvalue weighted by atomic mass is 35.5. The predicted octanol–water partition coefficient (Wildman–Crippen LogP) is 3.28. The Hall–Kier alpha value is -4.95. The molecule has 4 heterocycles. The minimum absolute atomic E-state index is 0.0117. The Morgan fingerprint density at radius 3 is 2.38 bits per heavy atom. The number of anilines is 1. The molecule has 18 heteroatoms. The second kappa shape index (κ2) is 15.3. The van der Waals surface area contributed by atoms with Crippen molar-refractivity contribution in [3.63, 3.8) is 0 Å². The van der Waals surface area contributed by atoms with Gasteiger partial charge < -0.3 is 30.1 Å². The van der Waals surface area contributed by atoms with E-state index in [0.717, 1.165) is 43.0 Å². The van der Waals surface area contributed by atoms with E-state index in [0.29, 0.717) is 26.2 Å². The molecule has 1 unspecified atom stereocenters. The number of amides is 3. The molecule has 2 aromatic heterocycles. The highest BCUT2D eigenvalue weighted by Gasteiger charge is 2.39. The van der Waals surface area contributed by atoms with E-state index in [1.807, 2.05) is 11.0 Å². The Labute approximate surface area is 278 Å². The third kappa shape index (κ3) is 7.94. The summed E-state index contributed by atoms with van der Waals surface area (Å²) in [6, 6.07) is 5.27. The summed E-state index contributed by atoms with van der Waals surface area (Å²) in [5.74, 6) is -1.07. The van der Waals surface area contributed by atoms with E-state index in [1.165, 1.54) is 36.7 Å². The summed E-state index contributed by atoms with van der Waals surface area (Å²) in [5, 5.41) is 25.5. The number of alkyl halides is 3. The number of nitrogens with one attached hydrogen (secondary N) is 2. The molecule has 0 radical (unpaired) electrons. The fraction of sp³-hybridized carbons (Fsp3) is 0.433. The van der Waals surface area contributed by atoms with Gasteiger partial charge in [-0.1, -0.05) is 11.6 Å². The Morgan fingerprint density at radius 1 is 1.17 bits per heavy atom. The fourth-order valence-corrected chi connectivity index (χ4v) is 5.76. The summed E-state index contributed by atoms with van der Waals surface area (Å²) in [5.41, 5.74) is -1.09. The lowest BCUT2D eigenvalue weighted by atomic mass is 9.96. The minimum Gasteiger partial charge on any atom is -0.483 e. The van der Waals surface area contributed by atoms with Crippen molar-refractivity contribution in [3.05, 3.63) is 52.7 Å². The third-order valence-corrected chi connectivity index (χ3v) is 8.39. The summed E-state index contributed by atoms with van der Waals surface area (Å²) in [4.78, 5) is 55.0. The van der Waals surface area contributed by atoms with Crippen molar-refractivity contribution in [1.29, 1.82) is 5.26 Å². The number of carbonyl (C=O) groups is 4. The summed E-state index contributed by atoms with van der Waals surface area (Å²) in [6.07, 6.45) is -0.972. The van der Waals surface area contributed by atoms with Crippen molar-refractivity contribution in [2.75, 3.05) is 44.6 Å². The van der Waals surface area contributed by atoms with Gasteiger partial charge in [-0.3, -0.25) is 23.9 Å². The molecule has 2 aliphatic heterocycles. The van der Waals surface area contributed by atoms with E-state index in [4.69, 9.17) is 26.8 Å². The predicted molar refractivity (Wildman–Crippen MR) is 166 cm³/mol. The van der Waals surface area contributed by atoms with Crippen LogP contribution in [0.5, 0.6) is 0 Å². The van der Waals surface area contributed by atoms with E-state index in [9.17, 15) is 27.6 Å². The molecule has 3 N–H and O–H groups in total. The van der Waals surface area contributed by atoms with Gasteiger partial charge in [0.15, 0.2) is 11.5 Å². The Bertz CT molecular complexity index is 1700. The molecule has 1 aromatic carbocycles. The van der Waals surface area contributed by atoms with Crippen LogP contribution in [-0.4, -0.2) is 97.7 Å². The van der Waals surface area contributed by atoms with Crippen molar-refractivity contribution in [2.45, 2.75) is 32.0 Å². The number of hydrogen-bond acceptors (Lipinski definition) is 8. The van der Waals surface area contributed by atoms with E-state index < -0.39 is 23.8 Å². The van der Waals surface area contributed by atoms with Gasteiger partial charge >= 0.3 is 6.18 Å². The van der Waals surface area contributed by atoms with E-state index in [-0.39, 0.29) is 57.6 Å². The van der Waals surface area contributed by atoms with Crippen molar-refractivity contribution >= 4 is 41.5 Å². The van der Waals surface area contributed by atoms with Gasteiger partial charge in [-0.2, -0.15) is 23.5 Å². The maximum absolute atomic E-state index is 13.7. The first-order valence-corrected chi connectivity index (χ1v) is 15.2. The van der Waals surface area contributed by atoms with Crippen LogP contribution in [0.1, 0.15) is 52.5 Å². The number of rotatable bonds is 6. The van der Waals surface area contributed by atoms with Crippen LogP contribution in [0.2, 0.25) is 5.02 Å². The van der Waals surface area contributed by atoms with Crippen molar-refractivity contribution in [1.82, 2.24) is 34.4 Å². The number of hydrogen-bond donors (Lipinski definition) is 3. The zero-order valence-electron chi connectivity index (χ0n) is 26.0. The molecule has 2 fully saturated rings. The van der Waals surface area contributed by atoms with Gasteiger partial charge in [0.1, 0.15) is 6.04 Å². The number of imidazole rings is 1. The number of piperidine rings is 1. The van der Waals surface area contributed by atoms with Crippen LogP contribution in [0.3, 0.4) is 0 Å². The smallest absolute Gasteiger partial charge is 0.435 e. The van der Waals surface area contributed by atoms with Crippen molar-refractivity contribution in [3.8, 4) is 17.3 Å². The van der Waals surface area contributed by atoms with E-state index >= 15 is 0 Å². The summed E-state index contributed by atoms with van der Waals surface area (Å²) in [6.45, 7) is 4.43. The molecular weight excluding hydrogens is 659 g/mol. The summed E-state index contributed by atoms with van der Waals surface area (Å²) >= 11 is 6.44. The minimum atomic E-state index is -4.81. The number of carboxylic acid groups (broad SMARTS) is 1. The highest BCUT2D eigenvalue weighted by molar-refractivity contribution is 6.34. The van der Waals surface area contributed by atoms with Crippen LogP contribution in [0.25, 0.3) is 11.3 Å². The topological polar surface area (TPSA) is 178 Å². The van der Waals surface area contributed by atoms with Gasteiger partial charge in [0.2, 0.25) is 5.91 Å². The van der Waals surface area contributed by atoms with E-state index in [1.54, 1.807) is 4.90 Å².